The molecule has 0 aliphatic carbocycles. The summed E-state index contributed by atoms with van der Waals surface area (Å²) in [6, 6.07) is 6.68. The van der Waals surface area contributed by atoms with Gasteiger partial charge in [0.1, 0.15) is 21.5 Å². The number of likely N-dealkylation sites (N-methyl/N-ethyl adjacent to an activating group) is 1. The number of hydrogen-bond acceptors (Lipinski definition) is 4. The Hall–Kier alpha value is -0.845. The first-order chi connectivity index (χ1) is 13.3. The van der Waals surface area contributed by atoms with Crippen LogP contribution in [0.15, 0.2) is 34.1 Å². The Morgan fingerprint density at radius 1 is 1.38 bits per heavy atom. The van der Waals surface area contributed by atoms with E-state index in [2.05, 4.69) is 26.0 Å². The van der Waals surface area contributed by atoms with Crippen molar-refractivity contribution in [3.05, 3.63) is 49.8 Å². The second-order valence-corrected chi connectivity index (χ2v) is 11.0. The highest BCUT2D eigenvalue weighted by Crippen LogP contribution is 2.46. The van der Waals surface area contributed by atoms with Crippen molar-refractivity contribution >= 4 is 84.2 Å². The molecular weight excluding hydrogens is 501 g/mol. The molecule has 1 aliphatic rings. The molecule has 29 heavy (non-hydrogen) atoms. The summed E-state index contributed by atoms with van der Waals surface area (Å²) in [5.41, 5.74) is -4.05. The lowest BCUT2D eigenvalue weighted by Crippen LogP contribution is -2.74. The van der Waals surface area contributed by atoms with Gasteiger partial charge in [0.15, 0.2) is 0 Å². The van der Waals surface area contributed by atoms with Crippen molar-refractivity contribution < 1.29 is 17.6 Å². The number of nitrogens with one attached hydrogen (secondary N) is 2. The Bertz CT molecular complexity index is 1090. The number of hydrogen-bond donors (Lipinski definition) is 2. The van der Waals surface area contributed by atoms with Crippen molar-refractivity contribution in [1.82, 2.24) is 9.03 Å². The quantitative estimate of drug-likeness (QED) is 0.617. The fraction of sp³-hybridized carbons (Fsp3) is 0.267. The first kappa shape index (κ1) is 22.8. The number of anilines is 1. The van der Waals surface area contributed by atoms with Crippen LogP contribution in [0.4, 0.5) is 10.1 Å². The van der Waals surface area contributed by atoms with Crippen molar-refractivity contribution in [3.8, 4) is 0 Å². The fourth-order valence-corrected chi connectivity index (χ4v) is 6.04. The van der Waals surface area contributed by atoms with E-state index in [1.807, 2.05) is 0 Å². The molecule has 0 bridgehead atoms. The van der Waals surface area contributed by atoms with E-state index in [0.29, 0.717) is 13.0 Å². The van der Waals surface area contributed by atoms with Gasteiger partial charge >= 0.3 is 0 Å². The third-order valence-electron chi connectivity index (χ3n) is 4.67. The van der Waals surface area contributed by atoms with E-state index >= 15 is 0 Å². The van der Waals surface area contributed by atoms with Gasteiger partial charge in [-0.3, -0.25) is 4.79 Å². The Kier molecular flexibility index (Phi) is 6.05. The largest absolute Gasteiger partial charge is 0.325 e. The van der Waals surface area contributed by atoms with Crippen LogP contribution < -0.4 is 10.0 Å². The average Bonchev–Trinajstić information content (AvgIpc) is 3.08. The van der Waals surface area contributed by atoms with Crippen molar-refractivity contribution in [2.45, 2.75) is 16.7 Å². The minimum atomic E-state index is -4.30. The van der Waals surface area contributed by atoms with Crippen LogP contribution in [0, 0.1) is 5.82 Å². The molecule has 1 unspecified atom stereocenters. The van der Waals surface area contributed by atoms with Crippen molar-refractivity contribution in [3.63, 3.8) is 0 Å². The number of halogens is 3. The Labute approximate surface area is 189 Å². The monoisotopic (exact) mass is 511 g/mol. The summed E-state index contributed by atoms with van der Waals surface area (Å²) in [6.45, 7) is 0. The molecule has 1 amide bonds. The number of thiophene rings is 1. The van der Waals surface area contributed by atoms with E-state index < -0.39 is 38.6 Å². The van der Waals surface area contributed by atoms with Crippen LogP contribution in [0.1, 0.15) is 4.88 Å². The average molecular weight is 512 g/mol. The van der Waals surface area contributed by atoms with Gasteiger partial charge in [0.2, 0.25) is 5.91 Å². The van der Waals surface area contributed by atoms with Crippen molar-refractivity contribution in [2.75, 3.05) is 12.4 Å². The highest BCUT2D eigenvalue weighted by atomic mass is 79.9. The van der Waals surface area contributed by atoms with Crippen LogP contribution in [0.2, 0.25) is 10.8 Å². The fourth-order valence-electron chi connectivity index (χ4n) is 2.92. The molecule has 0 spiro atoms. The zero-order valence-corrected chi connectivity index (χ0v) is 18.8. The van der Waals surface area contributed by atoms with Gasteiger partial charge in [-0.05, 0) is 52.1 Å². The summed E-state index contributed by atoms with van der Waals surface area (Å²) < 4.78 is 42.4. The number of nitrogens with zero attached hydrogens (tertiary/aromatic N) is 1. The van der Waals surface area contributed by atoms with Crippen molar-refractivity contribution in [1.29, 1.82) is 0 Å². The van der Waals surface area contributed by atoms with Crippen molar-refractivity contribution in [2.24, 2.45) is 0 Å². The lowest BCUT2D eigenvalue weighted by molar-refractivity contribution is -0.122. The molecule has 1 aliphatic heterocycles. The maximum absolute atomic E-state index is 13.4. The van der Waals surface area contributed by atoms with Gasteiger partial charge in [0.05, 0.1) is 22.1 Å². The van der Waals surface area contributed by atoms with E-state index in [9.17, 15) is 17.6 Å². The minimum absolute atomic E-state index is 0.101. The lowest BCUT2D eigenvalue weighted by atomic mass is 9.47. The molecular formula is C15H11B3BrClFN3O3S2. The molecule has 1 aromatic heterocycles. The van der Waals surface area contributed by atoms with Gasteiger partial charge in [0.25, 0.3) is 10.2 Å². The molecule has 0 saturated carbocycles. The van der Waals surface area contributed by atoms with E-state index in [1.165, 1.54) is 6.07 Å². The summed E-state index contributed by atoms with van der Waals surface area (Å²) in [5.74, 6) is -3.06. The SMILES string of the molecule is [B]C1[C@]([B])(C(=O)Nc2ccc(F)c(Cl)c2)N(C)S(=O)(=O)N[C@]1([B])c1ccc(Br)s1. The summed E-state index contributed by atoms with van der Waals surface area (Å²) in [4.78, 5) is 13.4. The smallest absolute Gasteiger partial charge is 0.279 e. The topological polar surface area (TPSA) is 78.5 Å². The Morgan fingerprint density at radius 3 is 2.59 bits per heavy atom. The van der Waals surface area contributed by atoms with E-state index in [1.54, 1.807) is 12.1 Å². The molecule has 14 heteroatoms. The second kappa shape index (κ2) is 7.69. The molecule has 2 aromatic rings. The molecule has 1 saturated heterocycles. The van der Waals surface area contributed by atoms with Crippen LogP contribution in [-0.4, -0.2) is 54.7 Å². The third-order valence-corrected chi connectivity index (χ3v) is 8.35. The van der Waals surface area contributed by atoms with Crippen LogP contribution in [0.25, 0.3) is 0 Å². The number of carbonyl (C=O) groups excluding carboxylic acids is 1. The standard InChI is InChI=1S/C15H11B3BrClFN3O3S2/c1-24-15(18,13(25)22-7-2-3-9(21)8(20)6-7)12(16)14(17,23-29(24,26)27)10-4-5-11(19)28-10/h2-6,12,23H,1H3,(H,22,25)/t12?,14-,15-/m1/s1. The predicted molar refractivity (Wildman–Crippen MR) is 117 cm³/mol. The molecule has 1 fully saturated rings. The van der Waals surface area contributed by atoms with Gasteiger partial charge in [0, 0.05) is 23.1 Å². The van der Waals surface area contributed by atoms with E-state index in [-0.39, 0.29) is 10.7 Å². The first-order valence-electron chi connectivity index (χ1n) is 7.96. The summed E-state index contributed by atoms with van der Waals surface area (Å²) in [5, 5.41) is 2.19. The molecule has 146 valence electrons. The Morgan fingerprint density at radius 2 is 2.03 bits per heavy atom. The molecule has 6 nitrogen and oxygen atoms in total. The van der Waals surface area contributed by atoms with E-state index in [0.717, 1.165) is 30.5 Å². The zero-order valence-electron chi connectivity index (χ0n) is 14.8. The number of amides is 1. The number of rotatable bonds is 3. The van der Waals surface area contributed by atoms with Gasteiger partial charge < -0.3 is 5.32 Å². The number of carbonyl (C=O) groups is 1. The first-order valence-corrected chi connectivity index (χ1v) is 11.4. The highest BCUT2D eigenvalue weighted by Gasteiger charge is 2.58. The van der Waals surface area contributed by atoms with Gasteiger partial charge in [-0.2, -0.15) is 12.7 Å². The third kappa shape index (κ3) is 3.81. The summed E-state index contributed by atoms with van der Waals surface area (Å²) in [7, 11) is 15.7. The summed E-state index contributed by atoms with van der Waals surface area (Å²) in [6.07, 6.45) is 0. The van der Waals surface area contributed by atoms with Crippen LogP contribution >= 0.6 is 38.9 Å². The normalized spacial score (nSPS) is 29.4. The molecule has 1 aromatic carbocycles. The maximum atomic E-state index is 13.4. The summed E-state index contributed by atoms with van der Waals surface area (Å²) >= 11 is 10.1. The second-order valence-electron chi connectivity index (χ2n) is 6.43. The van der Waals surface area contributed by atoms with Crippen LogP contribution in [0.3, 0.4) is 0 Å². The van der Waals surface area contributed by atoms with E-state index in [4.69, 9.17) is 35.1 Å². The molecule has 2 N–H and O–H groups in total. The molecule has 2 heterocycles. The van der Waals surface area contributed by atoms with Gasteiger partial charge in [-0.15, -0.1) is 11.3 Å². The highest BCUT2D eigenvalue weighted by molar-refractivity contribution is 9.11. The van der Waals surface area contributed by atoms with Gasteiger partial charge in [-0.1, -0.05) is 11.6 Å². The molecule has 3 atom stereocenters. The van der Waals surface area contributed by atoms with Crippen LogP contribution in [0.5, 0.6) is 0 Å². The number of benzene rings is 1. The zero-order chi connectivity index (χ0) is 21.8. The lowest BCUT2D eigenvalue weighted by Gasteiger charge is -2.54. The molecule has 3 rings (SSSR count). The van der Waals surface area contributed by atoms with Crippen LogP contribution in [-0.2, 0) is 20.4 Å². The Balaban J connectivity index is 2.06. The van der Waals surface area contributed by atoms with Gasteiger partial charge in [-0.25, -0.2) is 9.11 Å². The maximum Gasteiger partial charge on any atom is 0.279 e. The minimum Gasteiger partial charge on any atom is -0.325 e. The predicted octanol–water partition coefficient (Wildman–Crippen LogP) is 1.86. The molecule has 6 radical (unpaired) electrons.